The molecule has 6 heteroatoms. The zero-order valence-electron chi connectivity index (χ0n) is 9.44. The molecule has 1 fully saturated rings. The fourth-order valence-electron chi connectivity index (χ4n) is 1.53. The number of ether oxygens (including phenoxy) is 2. The van der Waals surface area contributed by atoms with E-state index in [4.69, 9.17) is 9.47 Å². The van der Waals surface area contributed by atoms with Gasteiger partial charge >= 0.3 is 0 Å². The molecule has 2 rings (SSSR count). The number of hydrogen-bond donors (Lipinski definition) is 1. The SMILES string of the molecule is CCNCc1nnc(OC2CCOCC2)s1. The van der Waals surface area contributed by atoms with E-state index in [1.165, 1.54) is 11.3 Å². The molecule has 0 bridgehead atoms. The molecule has 0 saturated carbocycles. The second-order valence-corrected chi connectivity index (χ2v) is 4.70. The lowest BCUT2D eigenvalue weighted by Crippen LogP contribution is -2.25. The second kappa shape index (κ2) is 6.12. The number of hydrogen-bond acceptors (Lipinski definition) is 6. The van der Waals surface area contributed by atoms with Crippen LogP contribution in [0.2, 0.25) is 0 Å². The van der Waals surface area contributed by atoms with Crippen molar-refractivity contribution < 1.29 is 9.47 Å². The van der Waals surface area contributed by atoms with Crippen LogP contribution in [0, 0.1) is 0 Å². The Morgan fingerprint density at radius 2 is 2.25 bits per heavy atom. The summed E-state index contributed by atoms with van der Waals surface area (Å²) in [6.45, 7) is 5.35. The molecule has 1 N–H and O–H groups in total. The van der Waals surface area contributed by atoms with E-state index in [0.717, 1.165) is 44.2 Å². The molecule has 0 unspecified atom stereocenters. The van der Waals surface area contributed by atoms with Crippen molar-refractivity contribution in [1.82, 2.24) is 15.5 Å². The van der Waals surface area contributed by atoms with Gasteiger partial charge in [0.05, 0.1) is 13.2 Å². The predicted octanol–water partition coefficient (Wildman–Crippen LogP) is 1.21. The maximum Gasteiger partial charge on any atom is 0.294 e. The first-order valence-electron chi connectivity index (χ1n) is 5.66. The van der Waals surface area contributed by atoms with Gasteiger partial charge in [-0.05, 0) is 6.54 Å². The molecule has 1 aliphatic heterocycles. The van der Waals surface area contributed by atoms with Gasteiger partial charge in [0.15, 0.2) is 0 Å². The monoisotopic (exact) mass is 243 g/mol. The van der Waals surface area contributed by atoms with E-state index in [2.05, 4.69) is 22.4 Å². The molecular formula is C10H17N3O2S. The third-order valence-corrected chi connectivity index (χ3v) is 3.22. The van der Waals surface area contributed by atoms with Crippen LogP contribution in [0.4, 0.5) is 0 Å². The molecule has 2 heterocycles. The second-order valence-electron chi connectivity index (χ2n) is 3.67. The Morgan fingerprint density at radius 1 is 1.44 bits per heavy atom. The molecule has 5 nitrogen and oxygen atoms in total. The minimum absolute atomic E-state index is 0.244. The van der Waals surface area contributed by atoms with Gasteiger partial charge in [-0.3, -0.25) is 0 Å². The van der Waals surface area contributed by atoms with E-state index < -0.39 is 0 Å². The zero-order valence-corrected chi connectivity index (χ0v) is 10.3. The normalized spacial score (nSPS) is 17.6. The van der Waals surface area contributed by atoms with Crippen molar-refractivity contribution in [3.05, 3.63) is 5.01 Å². The molecule has 1 aromatic heterocycles. The van der Waals surface area contributed by atoms with Gasteiger partial charge in [-0.2, -0.15) is 0 Å². The van der Waals surface area contributed by atoms with Crippen LogP contribution in [0.1, 0.15) is 24.8 Å². The maximum absolute atomic E-state index is 5.75. The number of nitrogens with one attached hydrogen (secondary N) is 1. The smallest absolute Gasteiger partial charge is 0.294 e. The fraction of sp³-hybridized carbons (Fsp3) is 0.800. The topological polar surface area (TPSA) is 56.3 Å². The van der Waals surface area contributed by atoms with Crippen molar-refractivity contribution in [1.29, 1.82) is 0 Å². The summed E-state index contributed by atoms with van der Waals surface area (Å²) in [5, 5.41) is 13.0. The van der Waals surface area contributed by atoms with Gasteiger partial charge in [-0.15, -0.1) is 5.10 Å². The van der Waals surface area contributed by atoms with Crippen LogP contribution in [0.15, 0.2) is 0 Å². The van der Waals surface area contributed by atoms with Gasteiger partial charge in [-0.25, -0.2) is 0 Å². The van der Waals surface area contributed by atoms with E-state index >= 15 is 0 Å². The molecule has 0 spiro atoms. The van der Waals surface area contributed by atoms with Crippen LogP contribution >= 0.6 is 11.3 Å². The van der Waals surface area contributed by atoms with Gasteiger partial charge in [0.1, 0.15) is 11.1 Å². The van der Waals surface area contributed by atoms with Crippen LogP contribution in [0.3, 0.4) is 0 Å². The quantitative estimate of drug-likeness (QED) is 0.842. The van der Waals surface area contributed by atoms with Gasteiger partial charge in [0, 0.05) is 19.4 Å². The Labute approximate surface area is 99.2 Å². The molecular weight excluding hydrogens is 226 g/mol. The van der Waals surface area contributed by atoms with Crippen LogP contribution in [-0.4, -0.2) is 36.1 Å². The lowest BCUT2D eigenvalue weighted by molar-refractivity contribution is 0.0252. The molecule has 0 amide bonds. The standard InChI is InChI=1S/C10H17N3O2S/c1-2-11-7-9-12-13-10(16-9)15-8-3-5-14-6-4-8/h8,11H,2-7H2,1H3. The molecule has 16 heavy (non-hydrogen) atoms. The van der Waals surface area contributed by atoms with E-state index in [1.807, 2.05) is 0 Å². The summed E-state index contributed by atoms with van der Waals surface area (Å²) in [7, 11) is 0. The molecule has 1 aliphatic rings. The Kier molecular flexibility index (Phi) is 4.50. The van der Waals surface area contributed by atoms with E-state index in [9.17, 15) is 0 Å². The molecule has 0 atom stereocenters. The maximum atomic E-state index is 5.75. The van der Waals surface area contributed by atoms with Crippen LogP contribution in [-0.2, 0) is 11.3 Å². The van der Waals surface area contributed by atoms with Crippen LogP contribution in [0.5, 0.6) is 5.19 Å². The van der Waals surface area contributed by atoms with Crippen molar-refractivity contribution in [3.8, 4) is 5.19 Å². The number of rotatable bonds is 5. The molecule has 0 aliphatic carbocycles. The summed E-state index contributed by atoms with van der Waals surface area (Å²) in [6.07, 6.45) is 2.14. The summed E-state index contributed by atoms with van der Waals surface area (Å²) in [6, 6.07) is 0. The van der Waals surface area contributed by atoms with Crippen molar-refractivity contribution >= 4 is 11.3 Å². The fourth-order valence-corrected chi connectivity index (χ4v) is 2.25. The first-order chi connectivity index (χ1) is 7.88. The Hall–Kier alpha value is -0.720. The van der Waals surface area contributed by atoms with Gasteiger partial charge < -0.3 is 14.8 Å². The van der Waals surface area contributed by atoms with Crippen molar-refractivity contribution in [2.24, 2.45) is 0 Å². The molecule has 0 radical (unpaired) electrons. The van der Waals surface area contributed by atoms with E-state index in [-0.39, 0.29) is 6.10 Å². The highest BCUT2D eigenvalue weighted by Crippen LogP contribution is 2.21. The Balaban J connectivity index is 1.81. The highest BCUT2D eigenvalue weighted by molar-refractivity contribution is 7.13. The summed E-state index contributed by atoms with van der Waals surface area (Å²) in [5.74, 6) is 0. The van der Waals surface area contributed by atoms with Crippen molar-refractivity contribution in [3.63, 3.8) is 0 Å². The predicted molar refractivity (Wildman–Crippen MR) is 61.8 cm³/mol. The Bertz CT molecular complexity index is 313. The van der Waals surface area contributed by atoms with Gasteiger partial charge in [-0.1, -0.05) is 23.4 Å². The lowest BCUT2D eigenvalue weighted by atomic mass is 10.2. The van der Waals surface area contributed by atoms with Crippen LogP contribution < -0.4 is 10.1 Å². The summed E-state index contributed by atoms with van der Waals surface area (Å²) < 4.78 is 11.0. The van der Waals surface area contributed by atoms with Gasteiger partial charge in [0.2, 0.25) is 0 Å². The van der Waals surface area contributed by atoms with E-state index in [0.29, 0.717) is 5.19 Å². The average Bonchev–Trinajstić information content (AvgIpc) is 2.75. The third-order valence-electron chi connectivity index (χ3n) is 2.41. The first kappa shape index (κ1) is 11.8. The highest BCUT2D eigenvalue weighted by atomic mass is 32.1. The molecule has 1 saturated heterocycles. The lowest BCUT2D eigenvalue weighted by Gasteiger charge is -2.21. The average molecular weight is 243 g/mol. The first-order valence-corrected chi connectivity index (χ1v) is 6.47. The van der Waals surface area contributed by atoms with Crippen molar-refractivity contribution in [2.45, 2.75) is 32.4 Å². The van der Waals surface area contributed by atoms with Crippen LogP contribution in [0.25, 0.3) is 0 Å². The summed E-state index contributed by atoms with van der Waals surface area (Å²) in [4.78, 5) is 0. The Morgan fingerprint density at radius 3 is 3.00 bits per heavy atom. The molecule has 1 aromatic rings. The summed E-state index contributed by atoms with van der Waals surface area (Å²) >= 11 is 1.52. The minimum atomic E-state index is 0.244. The minimum Gasteiger partial charge on any atom is -0.465 e. The largest absolute Gasteiger partial charge is 0.465 e. The molecule has 90 valence electrons. The summed E-state index contributed by atoms with van der Waals surface area (Å²) in [5.41, 5.74) is 0. The number of nitrogens with zero attached hydrogens (tertiary/aromatic N) is 2. The molecule has 0 aromatic carbocycles. The van der Waals surface area contributed by atoms with E-state index in [1.54, 1.807) is 0 Å². The third kappa shape index (κ3) is 3.40. The highest BCUT2D eigenvalue weighted by Gasteiger charge is 2.17. The zero-order chi connectivity index (χ0) is 11.2. The number of aromatic nitrogens is 2. The van der Waals surface area contributed by atoms with Crippen molar-refractivity contribution in [2.75, 3.05) is 19.8 Å². The van der Waals surface area contributed by atoms with Gasteiger partial charge in [0.25, 0.3) is 5.19 Å².